The number of aliphatic hydroxyl groups is 1. The molecule has 0 aromatic rings. The average molecular weight is 216 g/mol. The number of hydrogen-bond donors (Lipinski definition) is 2. The van der Waals surface area contributed by atoms with E-state index < -0.39 is 0 Å². The monoisotopic (exact) mass is 216 g/mol. The lowest BCUT2D eigenvalue weighted by molar-refractivity contribution is 0.177. The van der Waals surface area contributed by atoms with E-state index in [2.05, 4.69) is 31.0 Å². The number of hydrogen-bond acceptors (Lipinski definition) is 3. The molecule has 0 amide bonds. The molecule has 15 heavy (non-hydrogen) atoms. The molecule has 0 bridgehead atoms. The molecule has 92 valence electrons. The van der Waals surface area contributed by atoms with Crippen molar-refractivity contribution in [2.24, 2.45) is 5.92 Å². The second kappa shape index (κ2) is 10.4. The molecular weight excluding hydrogens is 188 g/mol. The molecule has 0 fully saturated rings. The van der Waals surface area contributed by atoms with Crippen LogP contribution in [-0.2, 0) is 0 Å². The Morgan fingerprint density at radius 1 is 1.20 bits per heavy atom. The molecule has 0 radical (unpaired) electrons. The van der Waals surface area contributed by atoms with Crippen molar-refractivity contribution in [1.29, 1.82) is 0 Å². The van der Waals surface area contributed by atoms with Crippen LogP contribution in [-0.4, -0.2) is 49.3 Å². The third-order valence-electron chi connectivity index (χ3n) is 2.45. The summed E-state index contributed by atoms with van der Waals surface area (Å²) in [6.45, 7) is 12.1. The van der Waals surface area contributed by atoms with Gasteiger partial charge < -0.3 is 15.3 Å². The highest BCUT2D eigenvalue weighted by Gasteiger charge is 2.08. The highest BCUT2D eigenvalue weighted by Crippen LogP contribution is 1.99. The predicted octanol–water partition coefficient (Wildman–Crippen LogP) is 1.33. The first-order valence-electron chi connectivity index (χ1n) is 6.28. The summed E-state index contributed by atoms with van der Waals surface area (Å²) in [6.07, 6.45) is 2.36. The topological polar surface area (TPSA) is 35.5 Å². The van der Waals surface area contributed by atoms with Crippen molar-refractivity contribution >= 4 is 0 Å². The normalized spacial score (nSPS) is 13.4. The first-order valence-corrected chi connectivity index (χ1v) is 6.28. The van der Waals surface area contributed by atoms with Gasteiger partial charge in [-0.25, -0.2) is 0 Å². The van der Waals surface area contributed by atoms with Crippen LogP contribution < -0.4 is 5.32 Å². The fourth-order valence-electron chi connectivity index (χ4n) is 1.78. The zero-order chi connectivity index (χ0) is 11.5. The molecule has 0 aromatic carbocycles. The summed E-state index contributed by atoms with van der Waals surface area (Å²) in [4.78, 5) is 2.35. The number of aliphatic hydroxyl groups excluding tert-OH is 1. The zero-order valence-corrected chi connectivity index (χ0v) is 10.6. The third kappa shape index (κ3) is 8.85. The van der Waals surface area contributed by atoms with Crippen LogP contribution in [0.5, 0.6) is 0 Å². The summed E-state index contributed by atoms with van der Waals surface area (Å²) in [7, 11) is 0. The number of nitrogens with one attached hydrogen (secondary N) is 1. The van der Waals surface area contributed by atoms with Crippen molar-refractivity contribution in [1.82, 2.24) is 10.2 Å². The van der Waals surface area contributed by atoms with Crippen LogP contribution in [0, 0.1) is 5.92 Å². The van der Waals surface area contributed by atoms with E-state index in [1.165, 1.54) is 6.42 Å². The summed E-state index contributed by atoms with van der Waals surface area (Å²) < 4.78 is 0. The van der Waals surface area contributed by atoms with Crippen LogP contribution in [0.4, 0.5) is 0 Å². The van der Waals surface area contributed by atoms with E-state index >= 15 is 0 Å². The van der Waals surface area contributed by atoms with Gasteiger partial charge in [-0.05, 0) is 38.4 Å². The Balaban J connectivity index is 3.62. The molecule has 0 saturated heterocycles. The van der Waals surface area contributed by atoms with E-state index in [1.807, 2.05) is 0 Å². The van der Waals surface area contributed by atoms with E-state index in [9.17, 15) is 0 Å². The summed E-state index contributed by atoms with van der Waals surface area (Å²) >= 11 is 0. The van der Waals surface area contributed by atoms with Crippen LogP contribution in [0.2, 0.25) is 0 Å². The Morgan fingerprint density at radius 2 is 1.93 bits per heavy atom. The molecule has 0 aliphatic carbocycles. The molecule has 0 heterocycles. The van der Waals surface area contributed by atoms with Crippen LogP contribution >= 0.6 is 0 Å². The van der Waals surface area contributed by atoms with E-state index in [1.54, 1.807) is 0 Å². The van der Waals surface area contributed by atoms with Gasteiger partial charge in [0.05, 0.1) is 6.61 Å². The number of nitrogens with zero attached hydrogens (tertiary/aromatic N) is 1. The molecule has 0 spiro atoms. The molecule has 0 aliphatic rings. The Kier molecular flexibility index (Phi) is 10.3. The van der Waals surface area contributed by atoms with Gasteiger partial charge in [0.1, 0.15) is 0 Å². The highest BCUT2D eigenvalue weighted by molar-refractivity contribution is 4.64. The molecule has 3 heteroatoms. The Hall–Kier alpha value is -0.120. The zero-order valence-electron chi connectivity index (χ0n) is 10.6. The van der Waals surface area contributed by atoms with Crippen LogP contribution in [0.25, 0.3) is 0 Å². The SMILES string of the molecule is CCCNCC(C)CN(CCC)CCO. The van der Waals surface area contributed by atoms with Crippen LogP contribution in [0.3, 0.4) is 0 Å². The van der Waals surface area contributed by atoms with Gasteiger partial charge >= 0.3 is 0 Å². The smallest absolute Gasteiger partial charge is 0.0558 e. The van der Waals surface area contributed by atoms with Gasteiger partial charge in [-0.1, -0.05) is 20.8 Å². The Morgan fingerprint density at radius 3 is 2.47 bits per heavy atom. The van der Waals surface area contributed by atoms with E-state index in [0.29, 0.717) is 5.92 Å². The van der Waals surface area contributed by atoms with Crippen molar-refractivity contribution in [2.75, 3.05) is 39.3 Å². The minimum Gasteiger partial charge on any atom is -0.395 e. The van der Waals surface area contributed by atoms with E-state index in [-0.39, 0.29) is 6.61 Å². The molecule has 3 nitrogen and oxygen atoms in total. The van der Waals surface area contributed by atoms with Gasteiger partial charge in [0.25, 0.3) is 0 Å². The Bertz CT molecular complexity index is 125. The molecule has 0 rings (SSSR count). The van der Waals surface area contributed by atoms with E-state index in [0.717, 1.165) is 39.1 Å². The molecule has 1 unspecified atom stereocenters. The maximum Gasteiger partial charge on any atom is 0.0558 e. The van der Waals surface area contributed by atoms with E-state index in [4.69, 9.17) is 5.11 Å². The van der Waals surface area contributed by atoms with Gasteiger partial charge in [-0.3, -0.25) is 0 Å². The standard InChI is InChI=1S/C12H28N2O/c1-4-6-13-10-12(3)11-14(7-5-2)8-9-15/h12-13,15H,4-11H2,1-3H3. The predicted molar refractivity (Wildman–Crippen MR) is 66.1 cm³/mol. The van der Waals surface area contributed by atoms with Crippen molar-refractivity contribution in [3.05, 3.63) is 0 Å². The lowest BCUT2D eigenvalue weighted by atomic mass is 10.1. The quantitative estimate of drug-likeness (QED) is 0.541. The maximum absolute atomic E-state index is 8.93. The number of rotatable bonds is 10. The fourth-order valence-corrected chi connectivity index (χ4v) is 1.78. The van der Waals surface area contributed by atoms with Crippen LogP contribution in [0.15, 0.2) is 0 Å². The van der Waals surface area contributed by atoms with Gasteiger partial charge in [-0.2, -0.15) is 0 Å². The maximum atomic E-state index is 8.93. The molecule has 0 aliphatic heterocycles. The largest absolute Gasteiger partial charge is 0.395 e. The minimum atomic E-state index is 0.273. The second-order valence-corrected chi connectivity index (χ2v) is 4.33. The van der Waals surface area contributed by atoms with Crippen LogP contribution in [0.1, 0.15) is 33.6 Å². The van der Waals surface area contributed by atoms with Crippen molar-refractivity contribution in [3.63, 3.8) is 0 Å². The van der Waals surface area contributed by atoms with Gasteiger partial charge in [0.2, 0.25) is 0 Å². The molecule has 0 aromatic heterocycles. The molecular formula is C12H28N2O. The summed E-state index contributed by atoms with van der Waals surface area (Å²) in [5.74, 6) is 0.662. The lowest BCUT2D eigenvalue weighted by Gasteiger charge is -2.24. The van der Waals surface area contributed by atoms with Gasteiger partial charge in [0, 0.05) is 13.1 Å². The first kappa shape index (κ1) is 14.9. The van der Waals surface area contributed by atoms with Crippen molar-refractivity contribution in [2.45, 2.75) is 33.6 Å². The summed E-state index contributed by atoms with van der Waals surface area (Å²) in [5.41, 5.74) is 0. The molecule has 2 N–H and O–H groups in total. The first-order chi connectivity index (χ1) is 7.24. The lowest BCUT2D eigenvalue weighted by Crippen LogP contribution is -2.35. The van der Waals surface area contributed by atoms with Crippen molar-refractivity contribution < 1.29 is 5.11 Å². The summed E-state index contributed by atoms with van der Waals surface area (Å²) in [5, 5.41) is 12.4. The third-order valence-corrected chi connectivity index (χ3v) is 2.45. The van der Waals surface area contributed by atoms with Gasteiger partial charge in [-0.15, -0.1) is 0 Å². The van der Waals surface area contributed by atoms with Gasteiger partial charge in [0.15, 0.2) is 0 Å². The molecule has 1 atom stereocenters. The Labute approximate surface area is 94.9 Å². The fraction of sp³-hybridized carbons (Fsp3) is 1.00. The van der Waals surface area contributed by atoms with Crippen molar-refractivity contribution in [3.8, 4) is 0 Å². The average Bonchev–Trinajstić information content (AvgIpc) is 2.19. The highest BCUT2D eigenvalue weighted by atomic mass is 16.3. The molecule has 0 saturated carbocycles. The summed E-state index contributed by atoms with van der Waals surface area (Å²) in [6, 6.07) is 0. The second-order valence-electron chi connectivity index (χ2n) is 4.33. The minimum absolute atomic E-state index is 0.273.